The summed E-state index contributed by atoms with van der Waals surface area (Å²) in [5.74, 6) is 0.294. The van der Waals surface area contributed by atoms with Crippen molar-refractivity contribution >= 4 is 27.3 Å². The number of benzene rings is 3. The minimum absolute atomic E-state index is 0.0419. The van der Waals surface area contributed by atoms with E-state index in [-0.39, 0.29) is 11.5 Å². The van der Waals surface area contributed by atoms with E-state index >= 15 is 0 Å². The Labute approximate surface area is 189 Å². The van der Waals surface area contributed by atoms with Crippen LogP contribution in [-0.4, -0.2) is 25.6 Å². The van der Waals surface area contributed by atoms with E-state index < -0.39 is 9.84 Å². The van der Waals surface area contributed by atoms with Crippen LogP contribution in [0, 0.1) is 0 Å². The second-order valence-corrected chi connectivity index (χ2v) is 10.2. The van der Waals surface area contributed by atoms with Crippen LogP contribution >= 0.6 is 0 Å². The second kappa shape index (κ2) is 9.53. The van der Waals surface area contributed by atoms with Crippen LogP contribution in [0.1, 0.15) is 47.9 Å². The van der Waals surface area contributed by atoms with Gasteiger partial charge in [-0.3, -0.25) is 0 Å². The summed E-state index contributed by atoms with van der Waals surface area (Å²) < 4.78 is 25.4. The van der Waals surface area contributed by atoms with E-state index in [0.717, 1.165) is 47.0 Å². The molecular formula is C27H26O4S. The van der Waals surface area contributed by atoms with Crippen LogP contribution in [0.4, 0.5) is 0 Å². The monoisotopic (exact) mass is 446 g/mol. The van der Waals surface area contributed by atoms with Gasteiger partial charge in [0.25, 0.3) is 0 Å². The first-order valence-electron chi connectivity index (χ1n) is 10.9. The maximum Gasteiger partial charge on any atom is 0.178 e. The van der Waals surface area contributed by atoms with E-state index in [1.54, 1.807) is 18.2 Å². The van der Waals surface area contributed by atoms with Gasteiger partial charge in [-0.15, -0.1) is 0 Å². The molecule has 0 atom stereocenters. The van der Waals surface area contributed by atoms with Crippen molar-refractivity contribution in [2.75, 3.05) is 5.75 Å². The predicted molar refractivity (Wildman–Crippen MR) is 127 cm³/mol. The first-order chi connectivity index (χ1) is 15.5. The van der Waals surface area contributed by atoms with Crippen molar-refractivity contribution in [1.29, 1.82) is 0 Å². The number of phenolic OH excluding ortho intramolecular Hbond substituents is 1. The number of aryl methyl sites for hydroxylation is 1. The zero-order valence-corrected chi connectivity index (χ0v) is 18.6. The highest BCUT2D eigenvalue weighted by molar-refractivity contribution is 7.91. The highest BCUT2D eigenvalue weighted by Gasteiger charge is 2.22. The number of unbranched alkanes of at least 4 members (excludes halogenated alkanes) is 2. The van der Waals surface area contributed by atoms with Gasteiger partial charge in [0, 0.05) is 6.42 Å². The minimum atomic E-state index is -3.39. The van der Waals surface area contributed by atoms with Gasteiger partial charge in [-0.1, -0.05) is 48.5 Å². The van der Waals surface area contributed by atoms with Gasteiger partial charge in [0.1, 0.15) is 12.0 Å². The SMILES string of the molecule is O=CCCCCS(=O)(=O)c1ccc(C2=C(c3ccccc3)CCc3cc(O)ccc32)cc1. The van der Waals surface area contributed by atoms with Crippen LogP contribution < -0.4 is 0 Å². The lowest BCUT2D eigenvalue weighted by molar-refractivity contribution is -0.107. The largest absolute Gasteiger partial charge is 0.508 e. The predicted octanol–water partition coefficient (Wildman–Crippen LogP) is 5.44. The summed E-state index contributed by atoms with van der Waals surface area (Å²) >= 11 is 0. The van der Waals surface area contributed by atoms with Crippen molar-refractivity contribution in [2.24, 2.45) is 0 Å². The summed E-state index contributed by atoms with van der Waals surface area (Å²) in [6, 6.07) is 22.8. The average molecular weight is 447 g/mol. The lowest BCUT2D eigenvalue weighted by Gasteiger charge is -2.25. The highest BCUT2D eigenvalue weighted by Crippen LogP contribution is 2.41. The zero-order chi connectivity index (χ0) is 22.6. The number of sulfone groups is 1. The van der Waals surface area contributed by atoms with Gasteiger partial charge >= 0.3 is 0 Å². The molecule has 3 aromatic rings. The molecule has 4 nitrogen and oxygen atoms in total. The summed E-state index contributed by atoms with van der Waals surface area (Å²) in [4.78, 5) is 10.8. The number of aromatic hydroxyl groups is 1. The summed E-state index contributed by atoms with van der Waals surface area (Å²) in [5, 5.41) is 9.96. The normalized spacial score (nSPS) is 13.6. The lowest BCUT2D eigenvalue weighted by Crippen LogP contribution is -2.08. The quantitative estimate of drug-likeness (QED) is 0.369. The van der Waals surface area contributed by atoms with Gasteiger partial charge in [-0.05, 0) is 83.3 Å². The molecule has 0 spiro atoms. The molecular weight excluding hydrogens is 420 g/mol. The Morgan fingerprint density at radius 1 is 0.844 bits per heavy atom. The number of hydrogen-bond donors (Lipinski definition) is 1. The van der Waals surface area contributed by atoms with Gasteiger partial charge in [-0.2, -0.15) is 0 Å². The molecule has 0 aromatic heterocycles. The van der Waals surface area contributed by atoms with Gasteiger partial charge in [-0.25, -0.2) is 8.42 Å². The number of carbonyl (C=O) groups excluding carboxylic acids is 1. The standard InChI is InChI=1S/C27H26O4S/c28-17-5-2-6-18-32(30,31)24-13-9-21(10-14-24)27-25(20-7-3-1-4-8-20)15-11-22-19-23(29)12-16-26(22)27/h1,3-4,7-10,12-14,16-17,19,29H,2,5-6,11,15,18H2. The van der Waals surface area contributed by atoms with Crippen LogP contribution in [-0.2, 0) is 21.1 Å². The molecule has 32 heavy (non-hydrogen) atoms. The van der Waals surface area contributed by atoms with Gasteiger partial charge in [0.15, 0.2) is 9.84 Å². The Morgan fingerprint density at radius 3 is 2.31 bits per heavy atom. The number of hydrogen-bond acceptors (Lipinski definition) is 4. The second-order valence-electron chi connectivity index (χ2n) is 8.07. The molecule has 0 fully saturated rings. The molecule has 5 heteroatoms. The highest BCUT2D eigenvalue weighted by atomic mass is 32.2. The Kier molecular flexibility index (Phi) is 6.56. The van der Waals surface area contributed by atoms with E-state index in [9.17, 15) is 18.3 Å². The Bertz CT molecular complexity index is 1240. The summed E-state index contributed by atoms with van der Waals surface area (Å²) in [5.41, 5.74) is 6.55. The third-order valence-corrected chi connectivity index (χ3v) is 7.73. The number of rotatable bonds is 8. The Balaban J connectivity index is 1.74. The van der Waals surface area contributed by atoms with Gasteiger partial charge in [0.05, 0.1) is 10.6 Å². The third kappa shape index (κ3) is 4.68. The fourth-order valence-electron chi connectivity index (χ4n) is 4.30. The lowest BCUT2D eigenvalue weighted by atomic mass is 9.80. The molecule has 0 saturated carbocycles. The topological polar surface area (TPSA) is 71.4 Å². The number of fused-ring (bicyclic) bond motifs is 1. The maximum atomic E-state index is 12.7. The molecule has 0 heterocycles. The molecule has 1 aliphatic carbocycles. The fraction of sp³-hybridized carbons (Fsp3) is 0.222. The molecule has 0 unspecified atom stereocenters. The molecule has 1 N–H and O–H groups in total. The van der Waals surface area contributed by atoms with Crippen LogP contribution in [0.15, 0.2) is 77.7 Å². The number of phenols is 1. The van der Waals surface area contributed by atoms with E-state index in [4.69, 9.17) is 0 Å². The summed E-state index contributed by atoms with van der Waals surface area (Å²) in [7, 11) is -3.39. The van der Waals surface area contributed by atoms with E-state index in [0.29, 0.717) is 24.2 Å². The van der Waals surface area contributed by atoms with Gasteiger partial charge < -0.3 is 9.90 Å². The summed E-state index contributed by atoms with van der Waals surface area (Å²) in [6.45, 7) is 0. The van der Waals surface area contributed by atoms with E-state index in [1.807, 2.05) is 42.5 Å². The Morgan fingerprint density at radius 2 is 1.59 bits per heavy atom. The van der Waals surface area contributed by atoms with Crippen LogP contribution in [0.3, 0.4) is 0 Å². The van der Waals surface area contributed by atoms with Crippen molar-refractivity contribution in [2.45, 2.75) is 37.0 Å². The smallest absolute Gasteiger partial charge is 0.178 e. The molecule has 0 radical (unpaired) electrons. The maximum absolute atomic E-state index is 12.7. The molecule has 0 amide bonds. The molecule has 0 saturated heterocycles. The fourth-order valence-corrected chi connectivity index (χ4v) is 5.67. The van der Waals surface area contributed by atoms with Crippen molar-refractivity contribution in [1.82, 2.24) is 0 Å². The van der Waals surface area contributed by atoms with E-state index in [1.165, 1.54) is 5.57 Å². The van der Waals surface area contributed by atoms with E-state index in [2.05, 4.69) is 12.1 Å². The number of carbonyl (C=O) groups is 1. The third-order valence-electron chi connectivity index (χ3n) is 5.91. The average Bonchev–Trinajstić information content (AvgIpc) is 2.81. The van der Waals surface area contributed by atoms with Crippen LogP contribution in [0.2, 0.25) is 0 Å². The first kappa shape index (κ1) is 22.0. The first-order valence-corrected chi connectivity index (χ1v) is 12.5. The zero-order valence-electron chi connectivity index (χ0n) is 17.8. The molecule has 0 bridgehead atoms. The summed E-state index contributed by atoms with van der Waals surface area (Å²) in [6.07, 6.45) is 3.94. The van der Waals surface area contributed by atoms with Crippen LogP contribution in [0.25, 0.3) is 11.1 Å². The molecule has 1 aliphatic rings. The van der Waals surface area contributed by atoms with Gasteiger partial charge in [0.2, 0.25) is 0 Å². The van der Waals surface area contributed by atoms with Crippen molar-refractivity contribution < 1.29 is 18.3 Å². The number of allylic oxidation sites excluding steroid dienone is 1. The minimum Gasteiger partial charge on any atom is -0.508 e. The van der Waals surface area contributed by atoms with Crippen molar-refractivity contribution in [3.05, 3.63) is 95.1 Å². The Hall–Kier alpha value is -3.18. The molecule has 3 aromatic carbocycles. The van der Waals surface area contributed by atoms with Crippen LogP contribution in [0.5, 0.6) is 5.75 Å². The molecule has 4 rings (SSSR count). The van der Waals surface area contributed by atoms with Crippen molar-refractivity contribution in [3.63, 3.8) is 0 Å². The van der Waals surface area contributed by atoms with Crippen molar-refractivity contribution in [3.8, 4) is 5.75 Å². The number of aldehydes is 1. The molecule has 0 aliphatic heterocycles. The molecule has 164 valence electrons.